The Kier molecular flexibility index (Phi) is 2.57. The molecular weight excluding hydrogens is 228 g/mol. The number of nitrogens with two attached hydrogens (primary N) is 1. The first-order valence-electron chi connectivity index (χ1n) is 5.82. The fourth-order valence-corrected chi connectivity index (χ4v) is 2.12. The second-order valence-corrected chi connectivity index (χ2v) is 4.35. The Morgan fingerprint density at radius 2 is 2.17 bits per heavy atom. The van der Waals surface area contributed by atoms with E-state index in [1.54, 1.807) is 18.4 Å². The van der Waals surface area contributed by atoms with Gasteiger partial charge in [0.1, 0.15) is 11.5 Å². The molecule has 0 bridgehead atoms. The van der Waals surface area contributed by atoms with Crippen LogP contribution >= 0.6 is 0 Å². The van der Waals surface area contributed by atoms with Crippen LogP contribution in [0.1, 0.15) is 17.5 Å². The van der Waals surface area contributed by atoms with Crippen LogP contribution in [0.2, 0.25) is 0 Å². The van der Waals surface area contributed by atoms with Gasteiger partial charge in [0.25, 0.3) is 0 Å². The summed E-state index contributed by atoms with van der Waals surface area (Å²) in [6.45, 7) is 0. The Balaban J connectivity index is 1.92. The summed E-state index contributed by atoms with van der Waals surface area (Å²) in [6.07, 6.45) is 2.26. The summed E-state index contributed by atoms with van der Waals surface area (Å²) >= 11 is 0. The third kappa shape index (κ3) is 1.87. The van der Waals surface area contributed by atoms with Gasteiger partial charge in [0, 0.05) is 23.0 Å². The number of furan rings is 1. The van der Waals surface area contributed by atoms with Crippen LogP contribution in [0.25, 0.3) is 10.9 Å². The van der Waals surface area contributed by atoms with Crippen molar-refractivity contribution in [3.8, 4) is 5.75 Å². The molecule has 0 aliphatic carbocycles. The van der Waals surface area contributed by atoms with Gasteiger partial charge in [0.05, 0.1) is 12.3 Å². The van der Waals surface area contributed by atoms with Crippen LogP contribution in [-0.4, -0.2) is 10.1 Å². The molecule has 1 atom stereocenters. The lowest BCUT2D eigenvalue weighted by Crippen LogP contribution is -2.13. The molecule has 1 unspecified atom stereocenters. The van der Waals surface area contributed by atoms with Gasteiger partial charge in [-0.15, -0.1) is 0 Å². The van der Waals surface area contributed by atoms with Crippen LogP contribution in [0.3, 0.4) is 0 Å². The topological polar surface area (TPSA) is 75.2 Å². The number of rotatable bonds is 3. The maximum absolute atomic E-state index is 9.74. The molecular formula is C14H14N2O2. The van der Waals surface area contributed by atoms with E-state index < -0.39 is 0 Å². The van der Waals surface area contributed by atoms with Crippen molar-refractivity contribution in [2.75, 3.05) is 0 Å². The van der Waals surface area contributed by atoms with Crippen LogP contribution in [0.15, 0.2) is 47.1 Å². The van der Waals surface area contributed by atoms with Crippen molar-refractivity contribution in [1.82, 2.24) is 4.98 Å². The molecule has 3 aromatic rings. The van der Waals surface area contributed by atoms with E-state index in [0.717, 1.165) is 22.4 Å². The highest BCUT2D eigenvalue weighted by Crippen LogP contribution is 2.27. The number of phenols is 1. The Morgan fingerprint density at radius 3 is 2.89 bits per heavy atom. The smallest absolute Gasteiger partial charge is 0.124 e. The van der Waals surface area contributed by atoms with E-state index in [9.17, 15) is 5.11 Å². The molecule has 0 aliphatic rings. The Labute approximate surface area is 104 Å². The normalized spacial score (nSPS) is 12.9. The highest BCUT2D eigenvalue weighted by Gasteiger charge is 2.13. The molecule has 92 valence electrons. The molecule has 1 aromatic carbocycles. The van der Waals surface area contributed by atoms with Crippen molar-refractivity contribution in [3.63, 3.8) is 0 Å². The van der Waals surface area contributed by atoms with Gasteiger partial charge in [0.15, 0.2) is 0 Å². The van der Waals surface area contributed by atoms with E-state index in [-0.39, 0.29) is 11.8 Å². The number of nitrogens with one attached hydrogen (secondary N) is 1. The molecule has 0 fully saturated rings. The summed E-state index contributed by atoms with van der Waals surface area (Å²) in [5, 5.41) is 10.5. The average molecular weight is 242 g/mol. The zero-order valence-electron chi connectivity index (χ0n) is 9.76. The number of H-pyrrole nitrogens is 1. The molecule has 4 nitrogen and oxygen atoms in total. The van der Waals surface area contributed by atoms with Crippen LogP contribution in [0, 0.1) is 0 Å². The van der Waals surface area contributed by atoms with Gasteiger partial charge in [-0.2, -0.15) is 0 Å². The standard InChI is InChI=1S/C14H14N2O2/c15-11(7-9-3-2-6-18-9)13-8-10-12(16-13)4-1-5-14(10)17/h1-6,8,11,16-17H,7,15H2. The van der Waals surface area contributed by atoms with Gasteiger partial charge in [-0.05, 0) is 30.3 Å². The summed E-state index contributed by atoms with van der Waals surface area (Å²) in [5.41, 5.74) is 7.91. The van der Waals surface area contributed by atoms with Crippen LogP contribution in [0.4, 0.5) is 0 Å². The molecule has 3 rings (SSSR count). The SMILES string of the molecule is NC(Cc1ccco1)c1cc2c(O)cccc2[nH]1. The van der Waals surface area contributed by atoms with Gasteiger partial charge in [-0.25, -0.2) is 0 Å². The van der Waals surface area contributed by atoms with Gasteiger partial charge in [0.2, 0.25) is 0 Å². The molecule has 0 amide bonds. The van der Waals surface area contributed by atoms with Crippen molar-refractivity contribution in [2.24, 2.45) is 5.73 Å². The van der Waals surface area contributed by atoms with Gasteiger partial charge >= 0.3 is 0 Å². The molecule has 2 aromatic heterocycles. The molecule has 0 radical (unpaired) electrons. The summed E-state index contributed by atoms with van der Waals surface area (Å²) in [7, 11) is 0. The fourth-order valence-electron chi connectivity index (χ4n) is 2.12. The monoisotopic (exact) mass is 242 g/mol. The van der Waals surface area contributed by atoms with E-state index in [1.165, 1.54) is 0 Å². The molecule has 0 saturated carbocycles. The Morgan fingerprint density at radius 1 is 1.28 bits per heavy atom. The van der Waals surface area contributed by atoms with Crippen molar-refractivity contribution in [1.29, 1.82) is 0 Å². The number of aromatic hydroxyl groups is 1. The van der Waals surface area contributed by atoms with E-state index in [1.807, 2.05) is 24.3 Å². The number of phenolic OH excluding ortho intramolecular Hbond substituents is 1. The maximum atomic E-state index is 9.74. The van der Waals surface area contributed by atoms with E-state index in [4.69, 9.17) is 10.2 Å². The minimum atomic E-state index is -0.178. The zero-order chi connectivity index (χ0) is 12.5. The first-order chi connectivity index (χ1) is 8.74. The average Bonchev–Trinajstić information content (AvgIpc) is 2.97. The second kappa shape index (κ2) is 4.23. The highest BCUT2D eigenvalue weighted by molar-refractivity contribution is 5.86. The second-order valence-electron chi connectivity index (χ2n) is 4.35. The zero-order valence-corrected chi connectivity index (χ0v) is 9.76. The third-order valence-electron chi connectivity index (χ3n) is 3.06. The quantitative estimate of drug-likeness (QED) is 0.661. The Hall–Kier alpha value is -2.20. The largest absolute Gasteiger partial charge is 0.507 e. The fraction of sp³-hybridized carbons (Fsp3) is 0.143. The van der Waals surface area contributed by atoms with Gasteiger partial charge in [-0.1, -0.05) is 6.07 Å². The van der Waals surface area contributed by atoms with Gasteiger partial charge < -0.3 is 20.2 Å². The summed E-state index contributed by atoms with van der Waals surface area (Å²) in [6, 6.07) is 10.8. The molecule has 4 N–H and O–H groups in total. The minimum Gasteiger partial charge on any atom is -0.507 e. The van der Waals surface area contributed by atoms with Crippen LogP contribution in [-0.2, 0) is 6.42 Å². The van der Waals surface area contributed by atoms with Crippen LogP contribution in [0.5, 0.6) is 5.75 Å². The van der Waals surface area contributed by atoms with E-state index >= 15 is 0 Å². The van der Waals surface area contributed by atoms with Crippen molar-refractivity contribution >= 4 is 10.9 Å². The predicted molar refractivity (Wildman–Crippen MR) is 69.3 cm³/mol. The first-order valence-corrected chi connectivity index (χ1v) is 5.82. The van der Waals surface area contributed by atoms with Crippen LogP contribution < -0.4 is 5.73 Å². The molecule has 4 heteroatoms. The number of fused-ring (bicyclic) bond motifs is 1. The first kappa shape index (κ1) is 10.9. The third-order valence-corrected chi connectivity index (χ3v) is 3.06. The van der Waals surface area contributed by atoms with Gasteiger partial charge in [-0.3, -0.25) is 0 Å². The lowest BCUT2D eigenvalue weighted by Gasteiger charge is -2.07. The molecule has 18 heavy (non-hydrogen) atoms. The molecule has 0 spiro atoms. The van der Waals surface area contributed by atoms with Crippen molar-refractivity contribution in [3.05, 3.63) is 54.1 Å². The maximum Gasteiger partial charge on any atom is 0.124 e. The lowest BCUT2D eigenvalue weighted by atomic mass is 10.1. The molecule has 0 aliphatic heterocycles. The number of hydrogen-bond donors (Lipinski definition) is 3. The highest BCUT2D eigenvalue weighted by atomic mass is 16.3. The summed E-state index contributed by atoms with van der Waals surface area (Å²) in [5.74, 6) is 1.12. The Bertz CT molecular complexity index is 656. The predicted octanol–water partition coefficient (Wildman–Crippen LogP) is 2.71. The summed E-state index contributed by atoms with van der Waals surface area (Å²) in [4.78, 5) is 3.22. The van der Waals surface area contributed by atoms with Crippen molar-refractivity contribution < 1.29 is 9.52 Å². The molecule has 0 saturated heterocycles. The minimum absolute atomic E-state index is 0.178. The van der Waals surface area contributed by atoms with E-state index in [2.05, 4.69) is 4.98 Å². The molecule has 2 heterocycles. The lowest BCUT2D eigenvalue weighted by molar-refractivity contribution is 0.481. The van der Waals surface area contributed by atoms with E-state index in [0.29, 0.717) is 6.42 Å². The van der Waals surface area contributed by atoms with Crippen molar-refractivity contribution in [2.45, 2.75) is 12.5 Å². The number of hydrogen-bond acceptors (Lipinski definition) is 3. The number of aromatic amines is 1. The number of aromatic nitrogens is 1. The number of benzene rings is 1. The summed E-state index contributed by atoms with van der Waals surface area (Å²) < 4.78 is 5.28.